The summed E-state index contributed by atoms with van der Waals surface area (Å²) in [5.41, 5.74) is 0. The number of carbonyl (C=O) groups is 3. The minimum absolute atomic E-state index is 0.0969. The fourth-order valence-corrected chi connectivity index (χ4v) is 7.56. The zero-order valence-electron chi connectivity index (χ0n) is 46.4. The third-order valence-corrected chi connectivity index (χ3v) is 11.9. The van der Waals surface area contributed by atoms with Crippen molar-refractivity contribution in [1.29, 1.82) is 0 Å². The second kappa shape index (κ2) is 59.1. The smallest absolute Gasteiger partial charge is 0.306 e. The lowest BCUT2D eigenvalue weighted by atomic mass is 10.1. The molecule has 0 saturated carbocycles. The Morgan fingerprint density at radius 2 is 0.542 bits per heavy atom. The summed E-state index contributed by atoms with van der Waals surface area (Å²) in [6, 6.07) is 0. The predicted molar refractivity (Wildman–Crippen MR) is 311 cm³/mol. The number of rotatable bonds is 51. The van der Waals surface area contributed by atoms with E-state index in [-0.39, 0.29) is 31.1 Å². The fraction of sp³-hybridized carbons (Fsp3) is 0.621. The van der Waals surface area contributed by atoms with E-state index >= 15 is 0 Å². The van der Waals surface area contributed by atoms with Gasteiger partial charge >= 0.3 is 17.9 Å². The summed E-state index contributed by atoms with van der Waals surface area (Å²) in [6.07, 6.45) is 83.1. The molecule has 0 saturated heterocycles. The largest absolute Gasteiger partial charge is 0.462 e. The Morgan fingerprint density at radius 1 is 0.292 bits per heavy atom. The Balaban J connectivity index is 4.35. The van der Waals surface area contributed by atoms with Gasteiger partial charge in [0.15, 0.2) is 6.10 Å². The highest BCUT2D eigenvalue weighted by Gasteiger charge is 2.19. The molecule has 0 spiro atoms. The van der Waals surface area contributed by atoms with E-state index in [1.807, 2.05) is 0 Å². The van der Waals surface area contributed by atoms with E-state index < -0.39 is 6.10 Å². The number of ether oxygens (including phenoxy) is 3. The molecular formula is C66H106O6. The van der Waals surface area contributed by atoms with Crippen molar-refractivity contribution in [1.82, 2.24) is 0 Å². The van der Waals surface area contributed by atoms with Gasteiger partial charge < -0.3 is 14.2 Å². The van der Waals surface area contributed by atoms with Crippen LogP contribution in [0.25, 0.3) is 0 Å². The number of allylic oxidation sites excluding steroid dienone is 22. The first-order valence-electron chi connectivity index (χ1n) is 29.2. The molecule has 0 amide bonds. The lowest BCUT2D eigenvalue weighted by Crippen LogP contribution is -2.30. The van der Waals surface area contributed by atoms with Crippen molar-refractivity contribution in [2.45, 2.75) is 252 Å². The molecule has 0 bridgehead atoms. The Kier molecular flexibility index (Phi) is 55.5. The van der Waals surface area contributed by atoms with Gasteiger partial charge in [-0.2, -0.15) is 0 Å². The van der Waals surface area contributed by atoms with E-state index in [1.165, 1.54) is 38.5 Å². The first-order valence-corrected chi connectivity index (χ1v) is 29.2. The molecule has 0 N–H and O–H groups in total. The van der Waals surface area contributed by atoms with Crippen LogP contribution in [0, 0.1) is 0 Å². The van der Waals surface area contributed by atoms with Crippen molar-refractivity contribution in [2.75, 3.05) is 13.2 Å². The summed E-state index contributed by atoms with van der Waals surface area (Å²) < 4.78 is 16.8. The molecule has 0 rings (SSSR count). The lowest BCUT2D eigenvalue weighted by molar-refractivity contribution is -0.167. The summed E-state index contributed by atoms with van der Waals surface area (Å²) >= 11 is 0. The van der Waals surface area contributed by atoms with Gasteiger partial charge in [0, 0.05) is 19.3 Å². The molecule has 0 radical (unpaired) electrons. The number of hydrogen-bond donors (Lipinski definition) is 0. The third kappa shape index (κ3) is 56.5. The maximum absolute atomic E-state index is 12.8. The summed E-state index contributed by atoms with van der Waals surface area (Å²) in [4.78, 5) is 38.1. The summed E-state index contributed by atoms with van der Waals surface area (Å²) in [7, 11) is 0. The first-order chi connectivity index (χ1) is 35.5. The lowest BCUT2D eigenvalue weighted by Gasteiger charge is -2.18. The van der Waals surface area contributed by atoms with Gasteiger partial charge in [-0.1, -0.05) is 231 Å². The van der Waals surface area contributed by atoms with Crippen LogP contribution < -0.4 is 0 Å². The summed E-state index contributed by atoms with van der Waals surface area (Å²) in [5.74, 6) is -0.941. The molecule has 0 heterocycles. The van der Waals surface area contributed by atoms with Gasteiger partial charge in [-0.25, -0.2) is 0 Å². The molecular weight excluding hydrogens is 889 g/mol. The van der Waals surface area contributed by atoms with Crippen LogP contribution in [-0.4, -0.2) is 37.2 Å². The zero-order valence-corrected chi connectivity index (χ0v) is 46.4. The molecule has 406 valence electrons. The highest BCUT2D eigenvalue weighted by atomic mass is 16.6. The van der Waals surface area contributed by atoms with Gasteiger partial charge in [0.2, 0.25) is 0 Å². The number of hydrogen-bond acceptors (Lipinski definition) is 6. The van der Waals surface area contributed by atoms with Crippen LogP contribution in [0.2, 0.25) is 0 Å². The van der Waals surface area contributed by atoms with Crippen LogP contribution >= 0.6 is 0 Å². The Hall–Kier alpha value is -4.45. The van der Waals surface area contributed by atoms with Crippen LogP contribution in [0.3, 0.4) is 0 Å². The Labute approximate surface area is 443 Å². The van der Waals surface area contributed by atoms with E-state index in [9.17, 15) is 14.4 Å². The van der Waals surface area contributed by atoms with Gasteiger partial charge in [0.1, 0.15) is 13.2 Å². The number of esters is 3. The standard InChI is InChI=1S/C66H106O6/c1-4-7-10-13-16-19-22-24-26-28-29-30-31-32-33-34-35-36-37-39-40-42-44-47-50-53-56-59-65(68)71-62-63(61-70-64(67)58-55-52-49-46-21-18-15-12-9-6-3)72-66(69)60-57-54-51-48-45-43-41-38-27-25-23-20-17-14-11-8-5-2/h7-8,10-12,15-17,19-20,24-27,29-30,32-33,35-36,39-40,63H,4-6,9,13-14,18,21-23,28,31,34,37-38,41-62H2,1-3H3/b10-7-,11-8-,15-12-,19-16-,20-17-,26-24-,27-25-,30-29-,33-32-,36-35-,40-39-. The summed E-state index contributed by atoms with van der Waals surface area (Å²) in [6.45, 7) is 6.31. The number of unbranched alkanes of at least 4 members (excludes halogenated alkanes) is 18. The average Bonchev–Trinajstić information content (AvgIpc) is 3.38. The van der Waals surface area contributed by atoms with Crippen molar-refractivity contribution < 1.29 is 28.6 Å². The minimum atomic E-state index is -0.799. The van der Waals surface area contributed by atoms with Crippen molar-refractivity contribution >= 4 is 17.9 Å². The topological polar surface area (TPSA) is 78.9 Å². The quantitative estimate of drug-likeness (QED) is 0.0261. The molecule has 72 heavy (non-hydrogen) atoms. The van der Waals surface area contributed by atoms with Crippen LogP contribution in [0.4, 0.5) is 0 Å². The Bertz CT molecular complexity index is 1560. The van der Waals surface area contributed by atoms with E-state index in [2.05, 4.69) is 154 Å². The molecule has 1 atom stereocenters. The van der Waals surface area contributed by atoms with Crippen LogP contribution in [0.5, 0.6) is 0 Å². The second-order valence-corrected chi connectivity index (χ2v) is 18.8. The first kappa shape index (κ1) is 67.5. The van der Waals surface area contributed by atoms with E-state index in [0.717, 1.165) is 167 Å². The third-order valence-electron chi connectivity index (χ3n) is 11.9. The van der Waals surface area contributed by atoms with Crippen molar-refractivity contribution in [3.63, 3.8) is 0 Å². The molecule has 0 aliphatic heterocycles. The number of carbonyl (C=O) groups excluding carboxylic acids is 3. The van der Waals surface area contributed by atoms with Crippen molar-refractivity contribution in [2.24, 2.45) is 0 Å². The second-order valence-electron chi connectivity index (χ2n) is 18.8. The highest BCUT2D eigenvalue weighted by Crippen LogP contribution is 2.14. The average molecular weight is 996 g/mol. The van der Waals surface area contributed by atoms with Crippen LogP contribution in [0.15, 0.2) is 134 Å². The van der Waals surface area contributed by atoms with Crippen LogP contribution in [0.1, 0.15) is 245 Å². The highest BCUT2D eigenvalue weighted by molar-refractivity contribution is 5.71. The van der Waals surface area contributed by atoms with Gasteiger partial charge in [-0.15, -0.1) is 0 Å². The van der Waals surface area contributed by atoms with Gasteiger partial charge in [0.25, 0.3) is 0 Å². The monoisotopic (exact) mass is 995 g/mol. The maximum Gasteiger partial charge on any atom is 0.306 e. The van der Waals surface area contributed by atoms with E-state index in [0.29, 0.717) is 19.3 Å². The molecule has 6 heteroatoms. The molecule has 0 aliphatic carbocycles. The van der Waals surface area contributed by atoms with Crippen molar-refractivity contribution in [3.8, 4) is 0 Å². The SMILES string of the molecule is CC/C=C\C/C=C\C/C=C\C/C=C\C/C=C\C/C=C\C/C=C\CCCCCCCC(=O)OCC(COC(=O)CCCCCCC/C=C\CCC)OC(=O)CCCCCCCCC/C=C\C/C=C\C/C=C\CC. The zero-order chi connectivity index (χ0) is 52.2. The van der Waals surface area contributed by atoms with Crippen LogP contribution in [-0.2, 0) is 28.6 Å². The molecule has 6 nitrogen and oxygen atoms in total. The molecule has 0 aliphatic rings. The van der Waals surface area contributed by atoms with E-state index in [4.69, 9.17) is 14.2 Å². The van der Waals surface area contributed by atoms with Gasteiger partial charge in [-0.05, 0) is 128 Å². The molecule has 0 aromatic heterocycles. The Morgan fingerprint density at radius 3 is 0.861 bits per heavy atom. The van der Waals surface area contributed by atoms with E-state index in [1.54, 1.807) is 0 Å². The molecule has 0 fully saturated rings. The minimum Gasteiger partial charge on any atom is -0.462 e. The summed E-state index contributed by atoms with van der Waals surface area (Å²) in [5, 5.41) is 0. The van der Waals surface area contributed by atoms with Crippen molar-refractivity contribution in [3.05, 3.63) is 134 Å². The molecule has 1 unspecified atom stereocenters. The molecule has 0 aromatic rings. The fourth-order valence-electron chi connectivity index (χ4n) is 7.56. The molecule has 0 aromatic carbocycles. The van der Waals surface area contributed by atoms with Gasteiger partial charge in [0.05, 0.1) is 0 Å². The maximum atomic E-state index is 12.8. The predicted octanol–water partition coefficient (Wildman–Crippen LogP) is 19.8. The normalized spacial score (nSPS) is 13.1. The van der Waals surface area contributed by atoms with Gasteiger partial charge in [-0.3, -0.25) is 14.4 Å².